The van der Waals surface area contributed by atoms with Gasteiger partial charge in [0.05, 0.1) is 24.4 Å². The second kappa shape index (κ2) is 24.6. The largest absolute Gasteiger partial charge is 0.461 e. The van der Waals surface area contributed by atoms with E-state index in [-0.39, 0.29) is 23.7 Å². The Balaban J connectivity index is 1.35. The number of hydrogen-bond donors (Lipinski definition) is 2. The third-order valence-corrected chi connectivity index (χ3v) is 16.3. The van der Waals surface area contributed by atoms with E-state index in [1.54, 1.807) is 12.7 Å². The molecular weight excluding hydrogens is 801 g/mol. The van der Waals surface area contributed by atoms with Crippen LogP contribution in [0.15, 0.2) is 35.6 Å². The molecule has 0 aliphatic heterocycles. The standard InChI is InChI=1S/C55H96N2O7/c1-38(2)16-15-17-41(6)46-22-23-47-45-21-20-43-36-44(24-28-54(43,12)48(45)25-29-55(46,47)13)64-50(58)49(26-32-56-42(7)19-18-40(5)37-61-33-27-39(3)4)57-51(59)62-34-30-53(10,11)63-35-31-52(8,9)60-14/h20-21,38-41,44,46-49,56H,7,15-19,22-37H2,1-6,8-14H3,(H,57,59)/t40?,41-,44+,46?,47?,48?,49?,54+,55-/m1/s1. The fraction of sp³-hybridized carbons (Fsp3) is 0.855. The zero-order chi connectivity index (χ0) is 47.3. The molecule has 3 fully saturated rings. The van der Waals surface area contributed by atoms with Crippen LogP contribution in [-0.4, -0.2) is 75.5 Å². The van der Waals surface area contributed by atoms with E-state index in [0.29, 0.717) is 55.1 Å². The Labute approximate surface area is 391 Å². The molecule has 0 aromatic carbocycles. The van der Waals surface area contributed by atoms with Crippen LogP contribution in [0.3, 0.4) is 0 Å². The average Bonchev–Trinajstić information content (AvgIpc) is 3.58. The summed E-state index contributed by atoms with van der Waals surface area (Å²) in [6.07, 6.45) is 20.3. The molecule has 64 heavy (non-hydrogen) atoms. The maximum Gasteiger partial charge on any atom is 0.407 e. The van der Waals surface area contributed by atoms with Crippen molar-refractivity contribution in [3.05, 3.63) is 35.6 Å². The van der Waals surface area contributed by atoms with Gasteiger partial charge in [-0.2, -0.15) is 0 Å². The lowest BCUT2D eigenvalue weighted by Crippen LogP contribution is -2.48. The van der Waals surface area contributed by atoms with Crippen LogP contribution < -0.4 is 10.6 Å². The number of ether oxygens (including phenoxy) is 5. The average molecular weight is 897 g/mol. The van der Waals surface area contributed by atoms with Gasteiger partial charge in [-0.05, 0) is 151 Å². The van der Waals surface area contributed by atoms with Gasteiger partial charge in [-0.25, -0.2) is 9.59 Å². The molecule has 0 radical (unpaired) electrons. The van der Waals surface area contributed by atoms with E-state index in [1.165, 1.54) is 50.5 Å². The summed E-state index contributed by atoms with van der Waals surface area (Å²) in [7, 11) is 1.70. The van der Waals surface area contributed by atoms with Crippen molar-refractivity contribution in [2.75, 3.05) is 40.1 Å². The van der Waals surface area contributed by atoms with Gasteiger partial charge in [-0.15, -0.1) is 0 Å². The van der Waals surface area contributed by atoms with Gasteiger partial charge in [0.15, 0.2) is 0 Å². The molecule has 1 amide bonds. The minimum absolute atomic E-state index is 0.0935. The highest BCUT2D eigenvalue weighted by atomic mass is 16.6. The molecule has 4 rings (SSSR count). The summed E-state index contributed by atoms with van der Waals surface area (Å²) in [5.41, 5.74) is 3.76. The lowest BCUT2D eigenvalue weighted by atomic mass is 9.50. The number of carbonyl (C=O) groups is 2. The van der Waals surface area contributed by atoms with Gasteiger partial charge in [0, 0.05) is 45.4 Å². The fourth-order valence-corrected chi connectivity index (χ4v) is 11.5. The Morgan fingerprint density at radius 1 is 0.828 bits per heavy atom. The number of alkyl carbamates (subject to hydrolysis) is 1. The third-order valence-electron chi connectivity index (χ3n) is 16.3. The van der Waals surface area contributed by atoms with Gasteiger partial charge in [0.2, 0.25) is 0 Å². The number of rotatable bonds is 28. The van der Waals surface area contributed by atoms with Crippen LogP contribution in [0.25, 0.3) is 0 Å². The van der Waals surface area contributed by atoms with Crippen molar-refractivity contribution < 1.29 is 33.3 Å². The van der Waals surface area contributed by atoms with Crippen molar-refractivity contribution in [3.63, 3.8) is 0 Å². The van der Waals surface area contributed by atoms with E-state index in [2.05, 4.69) is 84.8 Å². The Morgan fingerprint density at radius 2 is 1.55 bits per heavy atom. The zero-order valence-electron chi connectivity index (χ0n) is 43.3. The molecule has 4 aliphatic carbocycles. The predicted molar refractivity (Wildman–Crippen MR) is 262 cm³/mol. The monoisotopic (exact) mass is 897 g/mol. The molecule has 0 spiro atoms. The highest BCUT2D eigenvalue weighted by Crippen LogP contribution is 2.66. The van der Waals surface area contributed by atoms with Crippen molar-refractivity contribution in [3.8, 4) is 0 Å². The first kappa shape index (κ1) is 54.2. The van der Waals surface area contributed by atoms with Gasteiger partial charge >= 0.3 is 12.1 Å². The lowest BCUT2D eigenvalue weighted by molar-refractivity contribution is -0.153. The molecule has 0 heterocycles. The Morgan fingerprint density at radius 3 is 2.25 bits per heavy atom. The van der Waals surface area contributed by atoms with Gasteiger partial charge in [-0.1, -0.05) is 105 Å². The molecule has 368 valence electrons. The normalized spacial score (nSPS) is 27.1. The first-order valence-electron chi connectivity index (χ1n) is 25.8. The van der Waals surface area contributed by atoms with Gasteiger partial charge in [0.25, 0.3) is 0 Å². The van der Waals surface area contributed by atoms with E-state index in [4.69, 9.17) is 23.7 Å². The summed E-state index contributed by atoms with van der Waals surface area (Å²) in [6, 6.07) is -0.860. The van der Waals surface area contributed by atoms with Crippen LogP contribution in [0.1, 0.15) is 186 Å². The molecule has 2 N–H and O–H groups in total. The smallest absolute Gasteiger partial charge is 0.407 e. The van der Waals surface area contributed by atoms with Crippen LogP contribution in [0.5, 0.6) is 0 Å². The highest BCUT2D eigenvalue weighted by molar-refractivity contribution is 5.81. The molecule has 9 heteroatoms. The maximum absolute atomic E-state index is 14.1. The predicted octanol–water partition coefficient (Wildman–Crippen LogP) is 12.9. The number of carbonyl (C=O) groups excluding carboxylic acids is 2. The number of esters is 1. The minimum atomic E-state index is -0.860. The van der Waals surface area contributed by atoms with E-state index >= 15 is 0 Å². The van der Waals surface area contributed by atoms with Gasteiger partial charge in [-0.3, -0.25) is 0 Å². The van der Waals surface area contributed by atoms with E-state index < -0.39 is 23.7 Å². The Hall–Kier alpha value is -2.36. The van der Waals surface area contributed by atoms with E-state index in [1.807, 2.05) is 27.7 Å². The van der Waals surface area contributed by atoms with Crippen molar-refractivity contribution >= 4 is 12.1 Å². The van der Waals surface area contributed by atoms with Crippen LogP contribution >= 0.6 is 0 Å². The zero-order valence-corrected chi connectivity index (χ0v) is 43.3. The summed E-state index contributed by atoms with van der Waals surface area (Å²) in [5, 5.41) is 6.29. The number of nitrogens with one attached hydrogen (secondary N) is 2. The van der Waals surface area contributed by atoms with Gasteiger partial charge < -0.3 is 34.3 Å². The molecule has 4 aliphatic rings. The number of methoxy groups -OCH3 is 1. The number of fused-ring (bicyclic) bond motifs is 5. The van der Waals surface area contributed by atoms with Crippen molar-refractivity contribution in [2.45, 2.75) is 209 Å². The number of allylic oxidation sites excluding steroid dienone is 4. The van der Waals surface area contributed by atoms with Crippen molar-refractivity contribution in [2.24, 2.45) is 52.3 Å². The summed E-state index contributed by atoms with van der Waals surface area (Å²) in [6.45, 7) is 34.0. The van der Waals surface area contributed by atoms with Crippen molar-refractivity contribution in [1.29, 1.82) is 0 Å². The number of amides is 1. The topological polar surface area (TPSA) is 104 Å². The highest BCUT2D eigenvalue weighted by Gasteiger charge is 2.57. The van der Waals surface area contributed by atoms with Gasteiger partial charge in [0.1, 0.15) is 12.1 Å². The molecule has 9 atom stereocenters. The first-order chi connectivity index (χ1) is 30.1. The summed E-state index contributed by atoms with van der Waals surface area (Å²) >= 11 is 0. The molecule has 0 bridgehead atoms. The van der Waals surface area contributed by atoms with Crippen LogP contribution in [0, 0.1) is 52.3 Å². The van der Waals surface area contributed by atoms with E-state index in [0.717, 1.165) is 81.6 Å². The molecule has 0 saturated heterocycles. The second-order valence-corrected chi connectivity index (χ2v) is 23.3. The summed E-state index contributed by atoms with van der Waals surface area (Å²) < 4.78 is 29.5. The molecular formula is C55H96N2O7. The lowest BCUT2D eigenvalue weighted by Gasteiger charge is -2.55. The Bertz CT molecular complexity index is 1550. The van der Waals surface area contributed by atoms with Crippen LogP contribution in [0.4, 0.5) is 4.79 Å². The third kappa shape index (κ3) is 15.9. The minimum Gasteiger partial charge on any atom is -0.461 e. The molecule has 3 saturated carbocycles. The number of hydrogen-bond acceptors (Lipinski definition) is 8. The van der Waals surface area contributed by atoms with Crippen molar-refractivity contribution in [1.82, 2.24) is 10.6 Å². The SMILES string of the molecule is C=C(CCC(C)COCCC(C)C)NCCC(NC(=O)OCCC(C)(C)OCCC(C)(C)OC)C(=O)O[C@H]1CC[C@@]2(C)C(=CC=C3C4CCC([C@H](C)CCCC(C)C)[C@@]4(C)CCC32)C1. The molecule has 0 aromatic rings. The van der Waals surface area contributed by atoms with Crippen LogP contribution in [0.2, 0.25) is 0 Å². The Kier molecular flexibility index (Phi) is 20.9. The molecule has 0 aromatic heterocycles. The van der Waals surface area contributed by atoms with E-state index in [9.17, 15) is 9.59 Å². The summed E-state index contributed by atoms with van der Waals surface area (Å²) in [5.74, 6) is 4.26. The molecule has 9 nitrogen and oxygen atoms in total. The molecule has 5 unspecified atom stereocenters. The summed E-state index contributed by atoms with van der Waals surface area (Å²) in [4.78, 5) is 27.3. The maximum atomic E-state index is 14.1. The quantitative estimate of drug-likeness (QED) is 0.0591. The fourth-order valence-electron chi connectivity index (χ4n) is 11.5. The second-order valence-electron chi connectivity index (χ2n) is 23.3. The first-order valence-corrected chi connectivity index (χ1v) is 25.8. The van der Waals surface area contributed by atoms with Crippen LogP contribution in [-0.2, 0) is 28.5 Å².